The lowest BCUT2D eigenvalue weighted by Crippen LogP contribution is -2.46. The summed E-state index contributed by atoms with van der Waals surface area (Å²) in [7, 11) is 0. The molecule has 0 radical (unpaired) electrons. The number of rotatable bonds is 2. The van der Waals surface area contributed by atoms with Gasteiger partial charge in [-0.05, 0) is 56.1 Å². The first kappa shape index (κ1) is 12.7. The molecular formula is C17H21NO. The second kappa shape index (κ2) is 4.08. The highest BCUT2D eigenvalue weighted by Gasteiger charge is 2.61. The van der Waals surface area contributed by atoms with Crippen molar-refractivity contribution in [2.75, 3.05) is 0 Å². The Labute approximate surface area is 115 Å². The number of hydrogen-bond donors (Lipinski definition) is 1. The Morgan fingerprint density at radius 3 is 2.63 bits per heavy atom. The van der Waals surface area contributed by atoms with Crippen LogP contribution in [-0.4, -0.2) is 5.11 Å². The van der Waals surface area contributed by atoms with Gasteiger partial charge in [0.15, 0.2) is 0 Å². The summed E-state index contributed by atoms with van der Waals surface area (Å²) >= 11 is 0. The Bertz CT molecular complexity index is 542. The van der Waals surface area contributed by atoms with Crippen LogP contribution in [0, 0.1) is 35.5 Å². The number of aliphatic hydroxyl groups is 1. The van der Waals surface area contributed by atoms with Gasteiger partial charge in [-0.1, -0.05) is 30.7 Å². The van der Waals surface area contributed by atoms with Crippen LogP contribution in [0.5, 0.6) is 0 Å². The zero-order valence-electron chi connectivity index (χ0n) is 11.7. The molecule has 2 heteroatoms. The smallest absolute Gasteiger partial charge is 0.106 e. The van der Waals surface area contributed by atoms with Crippen LogP contribution in [0.1, 0.15) is 43.7 Å². The summed E-state index contributed by atoms with van der Waals surface area (Å²) in [5.74, 6) is 0.997. The number of nitrogens with zero attached hydrogens (tertiary/aromatic N) is 1. The van der Waals surface area contributed by atoms with Gasteiger partial charge in [-0.15, -0.1) is 0 Å². The molecule has 4 unspecified atom stereocenters. The fourth-order valence-electron chi connectivity index (χ4n) is 4.53. The molecule has 19 heavy (non-hydrogen) atoms. The minimum atomic E-state index is -1.05. The Morgan fingerprint density at radius 2 is 2.11 bits per heavy atom. The molecule has 0 heterocycles. The molecule has 1 N–H and O–H groups in total. The van der Waals surface area contributed by atoms with E-state index in [1.54, 1.807) is 0 Å². The number of hydrogen-bond acceptors (Lipinski definition) is 2. The lowest BCUT2D eigenvalue weighted by atomic mass is 9.61. The van der Waals surface area contributed by atoms with Crippen LogP contribution in [-0.2, 0) is 5.60 Å². The monoisotopic (exact) mass is 255 g/mol. The molecule has 0 aliphatic heterocycles. The van der Waals surface area contributed by atoms with Crippen molar-refractivity contribution in [1.82, 2.24) is 0 Å². The average molecular weight is 255 g/mol. The molecule has 1 aromatic carbocycles. The number of aryl methyl sites for hydroxylation is 1. The first-order chi connectivity index (χ1) is 9.01. The first-order valence-electron chi connectivity index (χ1n) is 7.21. The standard InChI is InChI=1S/C17H21NO/c1-12-5-3-4-6-15(12)16(2,19)17(11-18)10-13-7-8-14(17)9-13/h3-6,13-14,19H,7-10H2,1-2H3. The third-order valence-corrected chi connectivity index (χ3v) is 5.59. The summed E-state index contributed by atoms with van der Waals surface area (Å²) in [5.41, 5.74) is 0.351. The molecule has 0 spiro atoms. The fourth-order valence-corrected chi connectivity index (χ4v) is 4.53. The number of nitriles is 1. The highest BCUT2D eigenvalue weighted by atomic mass is 16.3. The van der Waals surface area contributed by atoms with Crippen molar-refractivity contribution in [1.29, 1.82) is 5.26 Å². The van der Waals surface area contributed by atoms with Crippen LogP contribution in [0.15, 0.2) is 24.3 Å². The molecule has 0 saturated heterocycles. The van der Waals surface area contributed by atoms with E-state index in [1.165, 1.54) is 6.42 Å². The van der Waals surface area contributed by atoms with Crippen LogP contribution in [0.2, 0.25) is 0 Å². The van der Waals surface area contributed by atoms with Crippen molar-refractivity contribution in [2.45, 2.75) is 45.1 Å². The maximum absolute atomic E-state index is 11.2. The first-order valence-corrected chi connectivity index (χ1v) is 7.21. The molecule has 4 atom stereocenters. The van der Waals surface area contributed by atoms with Gasteiger partial charge in [0, 0.05) is 0 Å². The van der Waals surface area contributed by atoms with E-state index in [2.05, 4.69) is 6.07 Å². The van der Waals surface area contributed by atoms with E-state index in [1.807, 2.05) is 38.1 Å². The van der Waals surface area contributed by atoms with Gasteiger partial charge in [0.1, 0.15) is 5.60 Å². The molecule has 3 rings (SSSR count). The predicted molar refractivity (Wildman–Crippen MR) is 74.2 cm³/mol. The van der Waals surface area contributed by atoms with Gasteiger partial charge in [-0.3, -0.25) is 0 Å². The molecule has 1 aromatic rings. The van der Waals surface area contributed by atoms with E-state index in [-0.39, 0.29) is 0 Å². The van der Waals surface area contributed by atoms with Crippen molar-refractivity contribution in [3.8, 4) is 6.07 Å². The lowest BCUT2D eigenvalue weighted by Gasteiger charge is -2.44. The Balaban J connectivity index is 2.09. The van der Waals surface area contributed by atoms with Crippen LogP contribution in [0.4, 0.5) is 0 Å². The third kappa shape index (κ3) is 1.58. The van der Waals surface area contributed by atoms with E-state index >= 15 is 0 Å². The molecule has 0 amide bonds. The number of benzene rings is 1. The summed E-state index contributed by atoms with van der Waals surface area (Å²) in [6.45, 7) is 3.86. The van der Waals surface area contributed by atoms with Crippen molar-refractivity contribution < 1.29 is 5.11 Å². The lowest BCUT2D eigenvalue weighted by molar-refractivity contribution is -0.0738. The largest absolute Gasteiger partial charge is 0.384 e. The van der Waals surface area contributed by atoms with E-state index < -0.39 is 11.0 Å². The van der Waals surface area contributed by atoms with Gasteiger partial charge in [0.25, 0.3) is 0 Å². The van der Waals surface area contributed by atoms with Gasteiger partial charge >= 0.3 is 0 Å². The van der Waals surface area contributed by atoms with Crippen LogP contribution < -0.4 is 0 Å². The van der Waals surface area contributed by atoms with Crippen molar-refractivity contribution in [3.05, 3.63) is 35.4 Å². The van der Waals surface area contributed by atoms with Gasteiger partial charge in [0.2, 0.25) is 0 Å². The van der Waals surface area contributed by atoms with Crippen LogP contribution >= 0.6 is 0 Å². The quantitative estimate of drug-likeness (QED) is 0.878. The summed E-state index contributed by atoms with van der Waals surface area (Å²) in [5, 5.41) is 21.0. The molecule has 2 aliphatic rings. The Kier molecular flexibility index (Phi) is 2.73. The van der Waals surface area contributed by atoms with Crippen molar-refractivity contribution >= 4 is 0 Å². The highest BCUT2D eigenvalue weighted by molar-refractivity contribution is 5.36. The predicted octanol–water partition coefficient (Wildman–Crippen LogP) is 3.53. The Hall–Kier alpha value is -1.33. The molecule has 2 aliphatic carbocycles. The zero-order chi connectivity index (χ0) is 13.7. The summed E-state index contributed by atoms with van der Waals surface area (Å²) < 4.78 is 0. The minimum absolute atomic E-state index is 0.358. The molecule has 2 fully saturated rings. The Morgan fingerprint density at radius 1 is 1.37 bits per heavy atom. The maximum atomic E-state index is 11.2. The van der Waals surface area contributed by atoms with Crippen LogP contribution in [0.3, 0.4) is 0 Å². The van der Waals surface area contributed by atoms with Gasteiger partial charge in [0.05, 0.1) is 11.5 Å². The average Bonchev–Trinajstić information content (AvgIpc) is 2.99. The van der Waals surface area contributed by atoms with Crippen LogP contribution in [0.25, 0.3) is 0 Å². The topological polar surface area (TPSA) is 44.0 Å². The molecule has 100 valence electrons. The van der Waals surface area contributed by atoms with E-state index in [4.69, 9.17) is 0 Å². The van der Waals surface area contributed by atoms with Crippen molar-refractivity contribution in [2.24, 2.45) is 17.3 Å². The molecule has 2 bridgehead atoms. The second-order valence-electron chi connectivity index (χ2n) is 6.55. The summed E-state index contributed by atoms with van der Waals surface area (Å²) in [4.78, 5) is 0. The molecule has 2 saturated carbocycles. The SMILES string of the molecule is Cc1ccccc1C(C)(O)C1(C#N)CC2CCC1C2. The third-order valence-electron chi connectivity index (χ3n) is 5.59. The number of fused-ring (bicyclic) bond motifs is 2. The van der Waals surface area contributed by atoms with Crippen molar-refractivity contribution in [3.63, 3.8) is 0 Å². The van der Waals surface area contributed by atoms with E-state index in [0.717, 1.165) is 30.4 Å². The van der Waals surface area contributed by atoms with Gasteiger partial charge in [-0.2, -0.15) is 5.26 Å². The molecule has 0 aromatic heterocycles. The second-order valence-corrected chi connectivity index (χ2v) is 6.55. The summed E-state index contributed by atoms with van der Waals surface area (Å²) in [6.07, 6.45) is 4.31. The van der Waals surface area contributed by atoms with Gasteiger partial charge < -0.3 is 5.11 Å². The zero-order valence-corrected chi connectivity index (χ0v) is 11.7. The van der Waals surface area contributed by atoms with E-state index in [0.29, 0.717) is 11.8 Å². The minimum Gasteiger partial charge on any atom is -0.384 e. The summed E-state index contributed by atoms with van der Waals surface area (Å²) in [6, 6.07) is 10.4. The highest BCUT2D eigenvalue weighted by Crippen LogP contribution is 2.62. The molecular weight excluding hydrogens is 234 g/mol. The molecule has 2 nitrogen and oxygen atoms in total. The normalized spacial score (nSPS) is 35.9. The van der Waals surface area contributed by atoms with Gasteiger partial charge in [-0.25, -0.2) is 0 Å². The maximum Gasteiger partial charge on any atom is 0.106 e. The fraction of sp³-hybridized carbons (Fsp3) is 0.588. The van der Waals surface area contributed by atoms with E-state index in [9.17, 15) is 10.4 Å².